The first kappa shape index (κ1) is 11.1. The van der Waals surface area contributed by atoms with E-state index in [0.717, 1.165) is 16.3 Å². The molecule has 0 atom stereocenters. The molecule has 4 nitrogen and oxygen atoms in total. The van der Waals surface area contributed by atoms with E-state index in [4.69, 9.17) is 5.26 Å². The molecule has 3 rings (SSSR count). The van der Waals surface area contributed by atoms with Crippen LogP contribution in [0.25, 0.3) is 16.6 Å². The minimum Gasteiger partial charge on any atom is -0.270 e. The summed E-state index contributed by atoms with van der Waals surface area (Å²) in [4.78, 5) is 0. The van der Waals surface area contributed by atoms with Crippen LogP contribution in [0.3, 0.4) is 0 Å². The maximum atomic E-state index is 8.67. The van der Waals surface area contributed by atoms with Crippen molar-refractivity contribution in [2.45, 2.75) is 12.1 Å². The largest absolute Gasteiger partial charge is 0.270 e. The minimum absolute atomic E-state index is 0.378. The van der Waals surface area contributed by atoms with Gasteiger partial charge in [-0.2, -0.15) is 5.26 Å². The van der Waals surface area contributed by atoms with Gasteiger partial charge in [0.05, 0.1) is 17.3 Å². The van der Waals surface area contributed by atoms with Gasteiger partial charge in [0, 0.05) is 5.39 Å². The lowest BCUT2D eigenvalue weighted by molar-refractivity contribution is 0.942. The Hall–Kier alpha value is -2.06. The summed E-state index contributed by atoms with van der Waals surface area (Å²) in [5.74, 6) is 0.378. The Morgan fingerprint density at radius 3 is 3.00 bits per heavy atom. The molecule has 88 valence electrons. The van der Waals surface area contributed by atoms with Crippen molar-refractivity contribution < 1.29 is 0 Å². The summed E-state index contributed by atoms with van der Waals surface area (Å²) in [6.07, 6.45) is 0. The van der Waals surface area contributed by atoms with Crippen LogP contribution in [0.4, 0.5) is 0 Å². The number of nitriles is 1. The fourth-order valence-electron chi connectivity index (χ4n) is 2.07. The van der Waals surface area contributed by atoms with E-state index in [-0.39, 0.29) is 0 Å². The summed E-state index contributed by atoms with van der Waals surface area (Å²) in [5.41, 5.74) is 3.09. The molecule has 0 saturated carbocycles. The number of benzene rings is 1. The zero-order valence-corrected chi connectivity index (χ0v) is 10.6. The Kier molecular flexibility index (Phi) is 2.65. The number of pyridine rings is 1. The molecule has 0 N–H and O–H groups in total. The first-order valence-corrected chi connectivity index (χ1v) is 6.53. The number of aryl methyl sites for hydroxylation is 1. The number of aromatic nitrogens is 3. The van der Waals surface area contributed by atoms with E-state index in [1.165, 1.54) is 22.7 Å². The highest BCUT2D eigenvalue weighted by atomic mass is 32.2. The van der Waals surface area contributed by atoms with Gasteiger partial charge in [0.2, 0.25) is 0 Å². The highest BCUT2D eigenvalue weighted by Gasteiger charge is 2.10. The van der Waals surface area contributed by atoms with Crippen LogP contribution < -0.4 is 0 Å². The number of rotatable bonds is 2. The number of hydrogen-bond acceptors (Lipinski definition) is 4. The van der Waals surface area contributed by atoms with Gasteiger partial charge in [-0.1, -0.05) is 30.0 Å². The van der Waals surface area contributed by atoms with Crippen LogP contribution in [0.2, 0.25) is 0 Å². The van der Waals surface area contributed by atoms with Crippen molar-refractivity contribution in [3.63, 3.8) is 0 Å². The highest BCUT2D eigenvalue weighted by molar-refractivity contribution is 7.99. The van der Waals surface area contributed by atoms with Gasteiger partial charge in [-0.05, 0) is 24.6 Å². The number of hydrogen-bond donors (Lipinski definition) is 0. The summed E-state index contributed by atoms with van der Waals surface area (Å²) in [7, 11) is 0. The molecule has 0 aliphatic heterocycles. The summed E-state index contributed by atoms with van der Waals surface area (Å²) in [6.45, 7) is 2.07. The molecule has 0 fully saturated rings. The monoisotopic (exact) mass is 254 g/mol. The second-order valence-electron chi connectivity index (χ2n) is 3.97. The van der Waals surface area contributed by atoms with Gasteiger partial charge in [0.25, 0.3) is 0 Å². The van der Waals surface area contributed by atoms with E-state index in [2.05, 4.69) is 35.3 Å². The van der Waals surface area contributed by atoms with Gasteiger partial charge in [-0.3, -0.25) is 4.40 Å². The minimum atomic E-state index is 0.378. The quantitative estimate of drug-likeness (QED) is 0.660. The van der Waals surface area contributed by atoms with Crippen molar-refractivity contribution in [1.29, 1.82) is 5.26 Å². The van der Waals surface area contributed by atoms with Crippen molar-refractivity contribution in [2.24, 2.45) is 0 Å². The molecule has 0 radical (unpaired) electrons. The van der Waals surface area contributed by atoms with E-state index >= 15 is 0 Å². The Morgan fingerprint density at radius 1 is 1.33 bits per heavy atom. The third-order valence-electron chi connectivity index (χ3n) is 2.84. The van der Waals surface area contributed by atoms with Crippen LogP contribution in [0.15, 0.2) is 35.5 Å². The molecule has 0 bridgehead atoms. The van der Waals surface area contributed by atoms with Gasteiger partial charge in [-0.25, -0.2) is 0 Å². The molecule has 0 aliphatic carbocycles. The zero-order valence-electron chi connectivity index (χ0n) is 9.79. The van der Waals surface area contributed by atoms with Crippen LogP contribution >= 0.6 is 11.8 Å². The van der Waals surface area contributed by atoms with Crippen LogP contribution in [-0.4, -0.2) is 20.4 Å². The van der Waals surface area contributed by atoms with Crippen LogP contribution in [0, 0.1) is 18.3 Å². The molecular weight excluding hydrogens is 244 g/mol. The first-order chi connectivity index (χ1) is 8.81. The molecule has 0 amide bonds. The van der Waals surface area contributed by atoms with Crippen molar-refractivity contribution >= 4 is 28.3 Å². The van der Waals surface area contributed by atoms with E-state index < -0.39 is 0 Å². The summed E-state index contributed by atoms with van der Waals surface area (Å²) in [6, 6.07) is 12.3. The third kappa shape index (κ3) is 1.62. The first-order valence-electron chi connectivity index (χ1n) is 5.54. The lowest BCUT2D eigenvalue weighted by Crippen LogP contribution is -1.93. The molecule has 2 aromatic heterocycles. The van der Waals surface area contributed by atoms with Crippen molar-refractivity contribution in [3.05, 3.63) is 35.9 Å². The average molecular weight is 254 g/mol. The lowest BCUT2D eigenvalue weighted by atomic mass is 10.1. The fourth-order valence-corrected chi connectivity index (χ4v) is 2.68. The van der Waals surface area contributed by atoms with Crippen LogP contribution in [-0.2, 0) is 0 Å². The van der Waals surface area contributed by atoms with Crippen molar-refractivity contribution in [2.75, 3.05) is 5.75 Å². The van der Waals surface area contributed by atoms with Crippen molar-refractivity contribution in [1.82, 2.24) is 14.6 Å². The van der Waals surface area contributed by atoms with Gasteiger partial charge >= 0.3 is 0 Å². The molecule has 0 saturated heterocycles. The number of thioether (sulfide) groups is 1. The Labute approximate surface area is 108 Å². The van der Waals surface area contributed by atoms with Gasteiger partial charge in [-0.15, -0.1) is 10.2 Å². The molecule has 0 spiro atoms. The Bertz CT molecular complexity index is 770. The SMILES string of the molecule is Cc1cc2nnc(SCC#N)n2c2ccccc12. The molecular formula is C13H10N4S. The number of nitrogens with zero attached hydrogens (tertiary/aromatic N) is 4. The third-order valence-corrected chi connectivity index (χ3v) is 3.64. The number of fused-ring (bicyclic) bond motifs is 3. The van der Waals surface area contributed by atoms with E-state index in [9.17, 15) is 0 Å². The molecule has 18 heavy (non-hydrogen) atoms. The average Bonchev–Trinajstić information content (AvgIpc) is 2.80. The molecule has 2 heterocycles. The smallest absolute Gasteiger partial charge is 0.197 e. The Balaban J connectivity index is 2.36. The highest BCUT2D eigenvalue weighted by Crippen LogP contribution is 2.25. The standard InChI is InChI=1S/C13H10N4S/c1-9-8-12-15-16-13(18-7-6-14)17(12)11-5-3-2-4-10(9)11/h2-5,8H,7H2,1H3. The van der Waals surface area contributed by atoms with Crippen LogP contribution in [0.5, 0.6) is 0 Å². The summed E-state index contributed by atoms with van der Waals surface area (Å²) < 4.78 is 2.00. The second-order valence-corrected chi connectivity index (χ2v) is 4.91. The van der Waals surface area contributed by atoms with Gasteiger partial charge < -0.3 is 0 Å². The number of para-hydroxylation sites is 1. The summed E-state index contributed by atoms with van der Waals surface area (Å²) in [5, 5.41) is 18.9. The topological polar surface area (TPSA) is 54.0 Å². The maximum Gasteiger partial charge on any atom is 0.197 e. The van der Waals surface area contributed by atoms with E-state index in [1.807, 2.05) is 22.6 Å². The van der Waals surface area contributed by atoms with Gasteiger partial charge in [0.1, 0.15) is 0 Å². The fraction of sp³-hybridized carbons (Fsp3) is 0.154. The Morgan fingerprint density at radius 2 is 2.17 bits per heavy atom. The predicted molar refractivity (Wildman–Crippen MR) is 71.6 cm³/mol. The molecule has 0 unspecified atom stereocenters. The predicted octanol–water partition coefficient (Wildman–Crippen LogP) is 2.81. The summed E-state index contributed by atoms with van der Waals surface area (Å²) >= 11 is 1.41. The normalized spacial score (nSPS) is 10.9. The van der Waals surface area contributed by atoms with E-state index in [0.29, 0.717) is 5.75 Å². The molecule has 3 aromatic rings. The molecule has 0 aliphatic rings. The lowest BCUT2D eigenvalue weighted by Gasteiger charge is -2.06. The molecule has 1 aromatic carbocycles. The zero-order chi connectivity index (χ0) is 12.5. The van der Waals surface area contributed by atoms with Crippen molar-refractivity contribution in [3.8, 4) is 6.07 Å². The van der Waals surface area contributed by atoms with E-state index in [1.54, 1.807) is 0 Å². The second kappa shape index (κ2) is 4.31. The maximum absolute atomic E-state index is 8.67. The van der Waals surface area contributed by atoms with Crippen LogP contribution in [0.1, 0.15) is 5.56 Å². The van der Waals surface area contributed by atoms with Gasteiger partial charge in [0.15, 0.2) is 10.8 Å². The molecule has 5 heteroatoms.